The molecule has 1 atom stereocenters. The number of hydrogen-bond acceptors (Lipinski definition) is 3. The number of carbonyl (C=O) groups excluding carboxylic acids is 2. The molecule has 1 heterocycles. The van der Waals surface area contributed by atoms with Gasteiger partial charge in [-0.2, -0.15) is 0 Å². The second-order valence-electron chi connectivity index (χ2n) is 4.19. The largest absolute Gasteiger partial charge is 0.294 e. The van der Waals surface area contributed by atoms with E-state index in [9.17, 15) is 9.59 Å². The second-order valence-corrected chi connectivity index (χ2v) is 4.19. The third kappa shape index (κ3) is 1.95. The summed E-state index contributed by atoms with van der Waals surface area (Å²) in [6.07, 6.45) is 3.54. The molecule has 2 amide bonds. The van der Waals surface area contributed by atoms with Crippen LogP contribution in [0.25, 0.3) is 0 Å². The fourth-order valence-electron chi connectivity index (χ4n) is 2.26. The third-order valence-electron chi connectivity index (χ3n) is 3.03. The average Bonchev–Trinajstić information content (AvgIpc) is 2.87. The van der Waals surface area contributed by atoms with Crippen molar-refractivity contribution in [1.29, 1.82) is 0 Å². The van der Waals surface area contributed by atoms with Gasteiger partial charge in [-0.25, -0.2) is 0 Å². The van der Waals surface area contributed by atoms with Crippen LogP contribution in [0.15, 0.2) is 0 Å². The molecule has 1 N–H and O–H groups in total. The van der Waals surface area contributed by atoms with Crippen molar-refractivity contribution in [1.82, 2.24) is 10.2 Å². The molecule has 2 fully saturated rings. The fourth-order valence-corrected chi connectivity index (χ4v) is 2.26. The lowest BCUT2D eigenvalue weighted by molar-refractivity contribution is -0.137. The number of imide groups is 1. The van der Waals surface area contributed by atoms with E-state index in [2.05, 4.69) is 12.2 Å². The highest BCUT2D eigenvalue weighted by Crippen LogP contribution is 2.36. The summed E-state index contributed by atoms with van der Waals surface area (Å²) in [6.45, 7) is 2.90. The van der Waals surface area contributed by atoms with Gasteiger partial charge in [-0.1, -0.05) is 6.92 Å². The highest BCUT2D eigenvalue weighted by Gasteiger charge is 2.37. The van der Waals surface area contributed by atoms with Gasteiger partial charge in [0.1, 0.15) is 0 Å². The molecule has 0 radical (unpaired) electrons. The summed E-state index contributed by atoms with van der Waals surface area (Å²) >= 11 is 0. The summed E-state index contributed by atoms with van der Waals surface area (Å²) in [5.74, 6) is 0.416. The Bertz CT molecular complexity index is 245. The maximum absolute atomic E-state index is 11.2. The van der Waals surface area contributed by atoms with Gasteiger partial charge >= 0.3 is 0 Å². The smallest absolute Gasteiger partial charge is 0.240 e. The van der Waals surface area contributed by atoms with Crippen LogP contribution in [0.3, 0.4) is 0 Å². The van der Waals surface area contributed by atoms with Crippen LogP contribution < -0.4 is 5.32 Å². The van der Waals surface area contributed by atoms with Gasteiger partial charge in [0.15, 0.2) is 0 Å². The molecule has 2 aliphatic rings. The number of amides is 2. The SMILES string of the molecule is CCC(C1CC1)N1CC(=O)NC(=O)C1. The van der Waals surface area contributed by atoms with Gasteiger partial charge in [0.25, 0.3) is 0 Å². The van der Waals surface area contributed by atoms with Crippen molar-refractivity contribution in [2.45, 2.75) is 32.2 Å². The molecule has 4 nitrogen and oxygen atoms in total. The lowest BCUT2D eigenvalue weighted by Gasteiger charge is -2.32. The maximum Gasteiger partial charge on any atom is 0.240 e. The molecule has 0 aromatic heterocycles. The Morgan fingerprint density at radius 1 is 1.36 bits per heavy atom. The lowest BCUT2D eigenvalue weighted by Crippen LogP contribution is -2.55. The van der Waals surface area contributed by atoms with E-state index < -0.39 is 0 Å². The zero-order chi connectivity index (χ0) is 10.1. The summed E-state index contributed by atoms with van der Waals surface area (Å²) in [7, 11) is 0. The van der Waals surface area contributed by atoms with Gasteiger partial charge < -0.3 is 0 Å². The van der Waals surface area contributed by atoms with Crippen molar-refractivity contribution in [2.24, 2.45) is 5.92 Å². The normalized spacial score (nSPS) is 26.1. The first-order valence-corrected chi connectivity index (χ1v) is 5.27. The Morgan fingerprint density at radius 3 is 2.36 bits per heavy atom. The Hall–Kier alpha value is -0.900. The summed E-state index contributed by atoms with van der Waals surface area (Å²) in [4.78, 5) is 24.4. The molecule has 0 spiro atoms. The zero-order valence-electron chi connectivity index (χ0n) is 8.45. The molecule has 4 heteroatoms. The number of nitrogens with one attached hydrogen (secondary N) is 1. The molecular formula is C10H16N2O2. The van der Waals surface area contributed by atoms with Gasteiger partial charge in [0.05, 0.1) is 13.1 Å². The van der Waals surface area contributed by atoms with E-state index in [-0.39, 0.29) is 11.8 Å². The summed E-state index contributed by atoms with van der Waals surface area (Å²) in [5, 5.41) is 2.33. The van der Waals surface area contributed by atoms with E-state index in [1.54, 1.807) is 0 Å². The molecule has 1 aliphatic carbocycles. The molecule has 1 saturated heterocycles. The second kappa shape index (κ2) is 3.69. The Kier molecular flexibility index (Phi) is 2.54. The van der Waals surface area contributed by atoms with Crippen LogP contribution in [0.4, 0.5) is 0 Å². The third-order valence-corrected chi connectivity index (χ3v) is 3.03. The molecule has 2 rings (SSSR count). The highest BCUT2D eigenvalue weighted by atomic mass is 16.2. The van der Waals surface area contributed by atoms with E-state index >= 15 is 0 Å². The van der Waals surface area contributed by atoms with E-state index in [1.165, 1.54) is 12.8 Å². The van der Waals surface area contributed by atoms with Crippen LogP contribution in [0.5, 0.6) is 0 Å². The maximum atomic E-state index is 11.2. The van der Waals surface area contributed by atoms with Crippen molar-refractivity contribution < 1.29 is 9.59 Å². The number of hydrogen-bond donors (Lipinski definition) is 1. The van der Waals surface area contributed by atoms with Gasteiger partial charge in [-0.05, 0) is 25.2 Å². The van der Waals surface area contributed by atoms with E-state index in [0.29, 0.717) is 19.1 Å². The highest BCUT2D eigenvalue weighted by molar-refractivity contribution is 5.99. The molecule has 0 bridgehead atoms. The minimum absolute atomic E-state index is 0.152. The van der Waals surface area contributed by atoms with Crippen molar-refractivity contribution in [3.63, 3.8) is 0 Å². The first kappa shape index (κ1) is 9.65. The number of piperazine rings is 1. The van der Waals surface area contributed by atoms with Gasteiger partial charge in [0.2, 0.25) is 11.8 Å². The van der Waals surface area contributed by atoms with E-state index in [0.717, 1.165) is 12.3 Å². The summed E-state index contributed by atoms with van der Waals surface area (Å²) in [5.41, 5.74) is 0. The monoisotopic (exact) mass is 196 g/mol. The predicted molar refractivity (Wildman–Crippen MR) is 51.5 cm³/mol. The summed E-state index contributed by atoms with van der Waals surface area (Å²) in [6, 6.07) is 0.435. The summed E-state index contributed by atoms with van der Waals surface area (Å²) < 4.78 is 0. The van der Waals surface area contributed by atoms with Crippen LogP contribution in [0, 0.1) is 5.92 Å². The first-order valence-electron chi connectivity index (χ1n) is 5.27. The topological polar surface area (TPSA) is 49.4 Å². The molecular weight excluding hydrogens is 180 g/mol. The molecule has 14 heavy (non-hydrogen) atoms. The number of rotatable bonds is 3. The van der Waals surface area contributed by atoms with Gasteiger partial charge in [-0.15, -0.1) is 0 Å². The van der Waals surface area contributed by atoms with Crippen LogP contribution >= 0.6 is 0 Å². The zero-order valence-corrected chi connectivity index (χ0v) is 8.45. The van der Waals surface area contributed by atoms with Crippen molar-refractivity contribution in [3.05, 3.63) is 0 Å². The molecule has 78 valence electrons. The Balaban J connectivity index is 2.00. The lowest BCUT2D eigenvalue weighted by atomic mass is 10.1. The Labute approximate surface area is 83.6 Å². The van der Waals surface area contributed by atoms with Crippen molar-refractivity contribution in [3.8, 4) is 0 Å². The standard InChI is InChI=1S/C10H16N2O2/c1-2-8(7-3-4-7)12-5-9(13)11-10(14)6-12/h7-8H,2-6H2,1H3,(H,11,13,14). The molecule has 1 aliphatic heterocycles. The van der Waals surface area contributed by atoms with E-state index in [1.807, 2.05) is 4.90 Å². The molecule has 0 aromatic carbocycles. The minimum atomic E-state index is -0.152. The van der Waals surface area contributed by atoms with Gasteiger partial charge in [0, 0.05) is 6.04 Å². The average molecular weight is 196 g/mol. The van der Waals surface area contributed by atoms with Crippen molar-refractivity contribution >= 4 is 11.8 Å². The molecule has 1 unspecified atom stereocenters. The first-order chi connectivity index (χ1) is 6.70. The Morgan fingerprint density at radius 2 is 1.93 bits per heavy atom. The van der Waals surface area contributed by atoms with Crippen LogP contribution in [-0.4, -0.2) is 35.8 Å². The predicted octanol–water partition coefficient (Wildman–Crippen LogP) is 0.133. The van der Waals surface area contributed by atoms with Crippen LogP contribution in [0.2, 0.25) is 0 Å². The van der Waals surface area contributed by atoms with Crippen LogP contribution in [-0.2, 0) is 9.59 Å². The fraction of sp³-hybridized carbons (Fsp3) is 0.800. The molecule has 0 aromatic rings. The number of carbonyl (C=O) groups is 2. The number of nitrogens with zero attached hydrogens (tertiary/aromatic N) is 1. The van der Waals surface area contributed by atoms with Crippen LogP contribution in [0.1, 0.15) is 26.2 Å². The quantitative estimate of drug-likeness (QED) is 0.653. The van der Waals surface area contributed by atoms with E-state index in [4.69, 9.17) is 0 Å². The molecule has 1 saturated carbocycles. The van der Waals surface area contributed by atoms with Gasteiger partial charge in [-0.3, -0.25) is 19.8 Å². The van der Waals surface area contributed by atoms with Crippen molar-refractivity contribution in [2.75, 3.05) is 13.1 Å². The minimum Gasteiger partial charge on any atom is -0.294 e.